The van der Waals surface area contributed by atoms with E-state index in [9.17, 15) is 9.90 Å². The highest BCUT2D eigenvalue weighted by Crippen LogP contribution is 2.19. The van der Waals surface area contributed by atoms with Crippen molar-refractivity contribution < 1.29 is 9.90 Å². The van der Waals surface area contributed by atoms with Gasteiger partial charge in [0.15, 0.2) is 5.65 Å². The summed E-state index contributed by atoms with van der Waals surface area (Å²) in [6.45, 7) is 5.66. The standard InChI is InChI=1S/C14H20N4O2/c1-8(2)12(19)6-13(20)16-10-5-11-9(3)17-18(4)14(11)15-7-10/h5,7-8,12,19H,6H2,1-4H3,(H,16,20). The van der Waals surface area contributed by atoms with Crippen molar-refractivity contribution in [2.24, 2.45) is 13.0 Å². The van der Waals surface area contributed by atoms with Crippen LogP contribution < -0.4 is 5.32 Å². The van der Waals surface area contributed by atoms with E-state index < -0.39 is 6.10 Å². The molecule has 6 heteroatoms. The number of hydrogen-bond donors (Lipinski definition) is 2. The Morgan fingerprint density at radius 2 is 2.20 bits per heavy atom. The molecule has 0 saturated carbocycles. The Morgan fingerprint density at radius 1 is 1.50 bits per heavy atom. The van der Waals surface area contributed by atoms with E-state index in [-0.39, 0.29) is 18.2 Å². The van der Waals surface area contributed by atoms with E-state index in [2.05, 4.69) is 15.4 Å². The van der Waals surface area contributed by atoms with Crippen molar-refractivity contribution in [1.29, 1.82) is 0 Å². The van der Waals surface area contributed by atoms with Gasteiger partial charge in [-0.1, -0.05) is 13.8 Å². The highest BCUT2D eigenvalue weighted by atomic mass is 16.3. The average molecular weight is 276 g/mol. The smallest absolute Gasteiger partial charge is 0.227 e. The molecule has 2 aromatic rings. The number of aryl methyl sites for hydroxylation is 2. The molecule has 0 aromatic carbocycles. The van der Waals surface area contributed by atoms with Crippen LogP contribution in [0.4, 0.5) is 5.69 Å². The van der Waals surface area contributed by atoms with Gasteiger partial charge >= 0.3 is 0 Å². The molecule has 1 unspecified atom stereocenters. The largest absolute Gasteiger partial charge is 0.392 e. The number of nitrogens with one attached hydrogen (secondary N) is 1. The number of aliphatic hydroxyl groups is 1. The lowest BCUT2D eigenvalue weighted by molar-refractivity contribution is -0.118. The van der Waals surface area contributed by atoms with Gasteiger partial charge in [0, 0.05) is 12.4 Å². The summed E-state index contributed by atoms with van der Waals surface area (Å²) in [5.74, 6) is -0.157. The molecule has 0 spiro atoms. The Hall–Kier alpha value is -1.95. The van der Waals surface area contributed by atoms with Gasteiger partial charge < -0.3 is 10.4 Å². The fourth-order valence-corrected chi connectivity index (χ4v) is 2.01. The van der Waals surface area contributed by atoms with Crippen molar-refractivity contribution in [3.63, 3.8) is 0 Å². The van der Waals surface area contributed by atoms with Crippen molar-refractivity contribution in [2.75, 3.05) is 5.32 Å². The van der Waals surface area contributed by atoms with Gasteiger partial charge in [-0.2, -0.15) is 5.10 Å². The molecule has 0 fully saturated rings. The first-order chi connectivity index (χ1) is 9.38. The van der Waals surface area contributed by atoms with Crippen LogP contribution in [-0.4, -0.2) is 31.9 Å². The van der Waals surface area contributed by atoms with Crippen LogP contribution in [0, 0.1) is 12.8 Å². The summed E-state index contributed by atoms with van der Waals surface area (Å²) >= 11 is 0. The Kier molecular flexibility index (Phi) is 4.04. The summed E-state index contributed by atoms with van der Waals surface area (Å²) in [4.78, 5) is 16.1. The zero-order valence-corrected chi connectivity index (χ0v) is 12.2. The number of carbonyl (C=O) groups is 1. The SMILES string of the molecule is Cc1nn(C)c2ncc(NC(=O)CC(O)C(C)C)cc12. The summed E-state index contributed by atoms with van der Waals surface area (Å²) < 4.78 is 1.71. The second-order valence-electron chi connectivity index (χ2n) is 5.37. The first kappa shape index (κ1) is 14.5. The highest BCUT2D eigenvalue weighted by Gasteiger charge is 2.15. The molecule has 2 rings (SSSR count). The number of fused-ring (bicyclic) bond motifs is 1. The number of aromatic nitrogens is 3. The maximum atomic E-state index is 11.8. The predicted octanol–water partition coefficient (Wildman–Crippen LogP) is 1.62. The lowest BCUT2D eigenvalue weighted by atomic mass is 10.0. The third-order valence-corrected chi connectivity index (χ3v) is 3.31. The minimum atomic E-state index is -0.633. The van der Waals surface area contributed by atoms with E-state index in [0.717, 1.165) is 16.7 Å². The summed E-state index contributed by atoms with van der Waals surface area (Å²) in [6, 6.07) is 1.85. The fraction of sp³-hybridized carbons (Fsp3) is 0.500. The van der Waals surface area contributed by atoms with Crippen molar-refractivity contribution in [1.82, 2.24) is 14.8 Å². The first-order valence-corrected chi connectivity index (χ1v) is 6.65. The molecular formula is C14H20N4O2. The van der Waals surface area contributed by atoms with Gasteiger partial charge in [0.1, 0.15) is 0 Å². The Balaban J connectivity index is 2.14. The Labute approximate surface area is 117 Å². The van der Waals surface area contributed by atoms with E-state index >= 15 is 0 Å². The van der Waals surface area contributed by atoms with Crippen molar-refractivity contribution in [3.8, 4) is 0 Å². The van der Waals surface area contributed by atoms with E-state index in [1.54, 1.807) is 10.9 Å². The molecule has 6 nitrogen and oxygen atoms in total. The van der Waals surface area contributed by atoms with Crippen LogP contribution in [0.15, 0.2) is 12.3 Å². The van der Waals surface area contributed by atoms with Gasteiger partial charge in [-0.05, 0) is 18.9 Å². The van der Waals surface area contributed by atoms with E-state index in [1.807, 2.05) is 33.9 Å². The molecule has 0 radical (unpaired) electrons. The summed E-state index contributed by atoms with van der Waals surface area (Å²) in [6.07, 6.45) is 1.05. The first-order valence-electron chi connectivity index (χ1n) is 6.65. The summed E-state index contributed by atoms with van der Waals surface area (Å²) in [5, 5.41) is 17.7. The van der Waals surface area contributed by atoms with Crippen LogP contribution in [0.25, 0.3) is 11.0 Å². The second-order valence-corrected chi connectivity index (χ2v) is 5.37. The lowest BCUT2D eigenvalue weighted by Crippen LogP contribution is -2.23. The molecule has 0 bridgehead atoms. The molecule has 2 N–H and O–H groups in total. The third kappa shape index (κ3) is 2.96. The predicted molar refractivity (Wildman–Crippen MR) is 77.3 cm³/mol. The van der Waals surface area contributed by atoms with Crippen LogP contribution in [0.1, 0.15) is 26.0 Å². The zero-order valence-electron chi connectivity index (χ0n) is 12.2. The van der Waals surface area contributed by atoms with Crippen molar-refractivity contribution in [2.45, 2.75) is 33.3 Å². The minimum absolute atomic E-state index is 0.0573. The molecule has 20 heavy (non-hydrogen) atoms. The zero-order chi connectivity index (χ0) is 14.9. The van der Waals surface area contributed by atoms with Gasteiger partial charge in [0.2, 0.25) is 5.91 Å². The number of carbonyl (C=O) groups excluding carboxylic acids is 1. The van der Waals surface area contributed by atoms with Gasteiger partial charge in [-0.3, -0.25) is 9.48 Å². The Bertz CT molecular complexity index is 633. The van der Waals surface area contributed by atoms with Crippen molar-refractivity contribution >= 4 is 22.6 Å². The van der Waals surface area contributed by atoms with E-state index in [1.165, 1.54) is 0 Å². The van der Waals surface area contributed by atoms with Gasteiger partial charge in [0.25, 0.3) is 0 Å². The van der Waals surface area contributed by atoms with Crippen LogP contribution in [-0.2, 0) is 11.8 Å². The number of hydrogen-bond acceptors (Lipinski definition) is 4. The maximum Gasteiger partial charge on any atom is 0.227 e. The quantitative estimate of drug-likeness (QED) is 0.889. The molecular weight excluding hydrogens is 256 g/mol. The molecule has 108 valence electrons. The highest BCUT2D eigenvalue weighted by molar-refractivity contribution is 5.93. The van der Waals surface area contributed by atoms with Crippen LogP contribution >= 0.6 is 0 Å². The molecule has 2 aromatic heterocycles. The maximum absolute atomic E-state index is 11.8. The summed E-state index contributed by atoms with van der Waals surface area (Å²) in [5.41, 5.74) is 2.27. The molecule has 0 aliphatic carbocycles. The number of aliphatic hydroxyl groups excluding tert-OH is 1. The van der Waals surface area contributed by atoms with Crippen LogP contribution in [0.3, 0.4) is 0 Å². The molecule has 1 amide bonds. The van der Waals surface area contributed by atoms with Crippen LogP contribution in [0.5, 0.6) is 0 Å². The lowest BCUT2D eigenvalue weighted by Gasteiger charge is -2.13. The number of nitrogens with zero attached hydrogens (tertiary/aromatic N) is 3. The van der Waals surface area contributed by atoms with Crippen LogP contribution in [0.2, 0.25) is 0 Å². The van der Waals surface area contributed by atoms with Gasteiger partial charge in [-0.25, -0.2) is 4.98 Å². The van der Waals surface area contributed by atoms with E-state index in [4.69, 9.17) is 0 Å². The minimum Gasteiger partial charge on any atom is -0.392 e. The average Bonchev–Trinajstić information content (AvgIpc) is 2.64. The second kappa shape index (κ2) is 5.58. The molecule has 1 atom stereocenters. The Morgan fingerprint density at radius 3 is 2.85 bits per heavy atom. The topological polar surface area (TPSA) is 80.0 Å². The number of pyridine rings is 1. The van der Waals surface area contributed by atoms with E-state index in [0.29, 0.717) is 5.69 Å². The molecule has 0 saturated heterocycles. The number of amides is 1. The molecule has 0 aliphatic rings. The number of rotatable bonds is 4. The molecule has 2 heterocycles. The normalized spacial score (nSPS) is 12.9. The third-order valence-electron chi connectivity index (χ3n) is 3.31. The van der Waals surface area contributed by atoms with Crippen molar-refractivity contribution in [3.05, 3.63) is 18.0 Å². The fourth-order valence-electron chi connectivity index (χ4n) is 2.01. The number of anilines is 1. The monoisotopic (exact) mass is 276 g/mol. The van der Waals surface area contributed by atoms with Gasteiger partial charge in [0.05, 0.1) is 30.1 Å². The summed E-state index contributed by atoms with van der Waals surface area (Å²) in [7, 11) is 1.83. The molecule has 0 aliphatic heterocycles. The van der Waals surface area contributed by atoms with Gasteiger partial charge in [-0.15, -0.1) is 0 Å².